The van der Waals surface area contributed by atoms with E-state index >= 15 is 0 Å². The monoisotopic (exact) mass is 356 g/mol. The molecule has 26 heavy (non-hydrogen) atoms. The molecular weight excluding hydrogens is 324 g/mol. The number of hydrogen-bond acceptors (Lipinski definition) is 4. The Balaban J connectivity index is 1.66. The molecule has 0 unspecified atom stereocenters. The average Bonchev–Trinajstić information content (AvgIpc) is 3.04. The highest BCUT2D eigenvalue weighted by molar-refractivity contribution is 5.73. The van der Waals surface area contributed by atoms with Gasteiger partial charge in [-0.05, 0) is 36.2 Å². The molecule has 1 aliphatic carbocycles. The summed E-state index contributed by atoms with van der Waals surface area (Å²) >= 11 is 0. The van der Waals surface area contributed by atoms with E-state index in [1.165, 1.54) is 12.1 Å². The number of rotatable bonds is 2. The number of aryl methyl sites for hydroxylation is 1. The smallest absolute Gasteiger partial charge is 0.158 e. The molecule has 2 aliphatic rings. The van der Waals surface area contributed by atoms with Gasteiger partial charge in [-0.15, -0.1) is 0 Å². The zero-order chi connectivity index (χ0) is 18.9. The maximum absolute atomic E-state index is 9.92. The first-order valence-corrected chi connectivity index (χ1v) is 9.84. The van der Waals surface area contributed by atoms with E-state index in [0.29, 0.717) is 17.3 Å². The summed E-state index contributed by atoms with van der Waals surface area (Å²) in [6.07, 6.45) is 4.16. The molecule has 2 aromatic rings. The van der Waals surface area contributed by atoms with Gasteiger partial charge in [0.05, 0.1) is 24.5 Å². The van der Waals surface area contributed by atoms with Crippen molar-refractivity contribution in [3.8, 4) is 0 Å². The van der Waals surface area contributed by atoms with Gasteiger partial charge in [0.1, 0.15) is 5.52 Å². The molecule has 1 saturated heterocycles. The summed E-state index contributed by atoms with van der Waals surface area (Å²) in [6, 6.07) is 2.47. The van der Waals surface area contributed by atoms with Gasteiger partial charge in [0.15, 0.2) is 5.65 Å². The summed E-state index contributed by atoms with van der Waals surface area (Å²) < 4.78 is 2.17. The molecule has 2 aromatic heterocycles. The normalized spacial score (nSPS) is 30.9. The van der Waals surface area contributed by atoms with Gasteiger partial charge in [-0.2, -0.15) is 0 Å². The maximum Gasteiger partial charge on any atom is 0.158 e. The largest absolute Gasteiger partial charge is 0.395 e. The van der Waals surface area contributed by atoms with Crippen LogP contribution in [0.2, 0.25) is 0 Å². The number of aliphatic hydroxyl groups excluding tert-OH is 1. The molecule has 4 atom stereocenters. The van der Waals surface area contributed by atoms with Crippen molar-refractivity contribution >= 4 is 11.2 Å². The van der Waals surface area contributed by atoms with Crippen LogP contribution in [0.1, 0.15) is 64.9 Å². The Bertz CT molecular complexity index is 832. The molecule has 4 rings (SSSR count). The summed E-state index contributed by atoms with van der Waals surface area (Å²) in [7, 11) is 2.08. The van der Waals surface area contributed by atoms with E-state index in [9.17, 15) is 5.11 Å². The van der Waals surface area contributed by atoms with Crippen molar-refractivity contribution in [3.63, 3.8) is 0 Å². The van der Waals surface area contributed by atoms with Gasteiger partial charge in [0.25, 0.3) is 0 Å². The Morgan fingerprint density at radius 2 is 2.04 bits per heavy atom. The standard InChI is InChI=1S/C21H32N4O/c1-20(2,3)17-9-14-19(25(17)6)24-15(10-22-14)13-8-7-12-18(21(12,4)5)16(11-26)23-13/h9-10,12-13,16,18,23,26H,7-8,11H2,1-6H3/t12-,13+,16+,18-/m1/s1. The van der Waals surface area contributed by atoms with Crippen molar-refractivity contribution in [2.24, 2.45) is 24.3 Å². The average molecular weight is 357 g/mol. The fraction of sp³-hybridized carbons (Fsp3) is 0.714. The first-order valence-electron chi connectivity index (χ1n) is 9.84. The Morgan fingerprint density at radius 3 is 2.69 bits per heavy atom. The third-order valence-corrected chi connectivity index (χ3v) is 6.83. The molecule has 0 aromatic carbocycles. The Labute approximate surface area is 156 Å². The summed E-state index contributed by atoms with van der Waals surface area (Å²) in [5, 5.41) is 13.6. The summed E-state index contributed by atoms with van der Waals surface area (Å²) in [5.41, 5.74) is 4.56. The zero-order valence-corrected chi connectivity index (χ0v) is 16.9. The minimum Gasteiger partial charge on any atom is -0.395 e. The number of aliphatic hydroxyl groups is 1. The molecule has 0 radical (unpaired) electrons. The zero-order valence-electron chi connectivity index (χ0n) is 16.9. The van der Waals surface area contributed by atoms with Gasteiger partial charge < -0.3 is 15.0 Å². The fourth-order valence-corrected chi connectivity index (χ4v) is 5.31. The number of fused-ring (bicyclic) bond motifs is 2. The van der Waals surface area contributed by atoms with Crippen LogP contribution in [0.5, 0.6) is 0 Å². The van der Waals surface area contributed by atoms with Gasteiger partial charge >= 0.3 is 0 Å². The van der Waals surface area contributed by atoms with Crippen molar-refractivity contribution in [2.45, 2.75) is 65.0 Å². The van der Waals surface area contributed by atoms with Crippen molar-refractivity contribution in [3.05, 3.63) is 23.7 Å². The first kappa shape index (κ1) is 17.9. The van der Waals surface area contributed by atoms with E-state index < -0.39 is 0 Å². The minimum absolute atomic E-state index is 0.0622. The van der Waals surface area contributed by atoms with Gasteiger partial charge in [0.2, 0.25) is 0 Å². The SMILES string of the molecule is Cn1c(C(C)(C)C)cc2ncc([C@@H]3CC[C@@H]4[C@H]([C@H](CO)N3)C4(C)C)nc21. The van der Waals surface area contributed by atoms with Crippen LogP contribution in [-0.4, -0.2) is 32.3 Å². The third kappa shape index (κ3) is 2.67. The lowest BCUT2D eigenvalue weighted by molar-refractivity contribution is 0.206. The number of nitrogens with zero attached hydrogens (tertiary/aromatic N) is 3. The highest BCUT2D eigenvalue weighted by atomic mass is 16.3. The lowest BCUT2D eigenvalue weighted by Gasteiger charge is -2.24. The minimum atomic E-state index is 0.0622. The number of aromatic nitrogens is 3. The second kappa shape index (κ2) is 5.77. The summed E-state index contributed by atoms with van der Waals surface area (Å²) in [6.45, 7) is 11.5. The van der Waals surface area contributed by atoms with Crippen molar-refractivity contribution in [2.75, 3.05) is 6.61 Å². The Morgan fingerprint density at radius 1 is 1.31 bits per heavy atom. The van der Waals surface area contributed by atoms with E-state index in [1.807, 2.05) is 6.20 Å². The van der Waals surface area contributed by atoms with Crippen molar-refractivity contribution < 1.29 is 5.11 Å². The molecule has 1 aliphatic heterocycles. The number of nitrogens with one attached hydrogen (secondary N) is 1. The second-order valence-corrected chi connectivity index (χ2v) is 9.88. The van der Waals surface area contributed by atoms with E-state index in [0.717, 1.165) is 23.3 Å². The van der Waals surface area contributed by atoms with E-state index in [2.05, 4.69) is 57.6 Å². The van der Waals surface area contributed by atoms with Gasteiger partial charge in [0, 0.05) is 24.2 Å². The van der Waals surface area contributed by atoms with Crippen LogP contribution in [-0.2, 0) is 12.5 Å². The lowest BCUT2D eigenvalue weighted by Crippen LogP contribution is -2.38. The molecule has 2 fully saturated rings. The third-order valence-electron chi connectivity index (χ3n) is 6.83. The van der Waals surface area contributed by atoms with Gasteiger partial charge in [-0.25, -0.2) is 4.98 Å². The van der Waals surface area contributed by atoms with Crippen molar-refractivity contribution in [1.82, 2.24) is 19.9 Å². The topological polar surface area (TPSA) is 63.0 Å². The van der Waals surface area contributed by atoms with Crippen LogP contribution in [0, 0.1) is 17.3 Å². The summed E-state index contributed by atoms with van der Waals surface area (Å²) in [4.78, 5) is 9.68. The van der Waals surface area contributed by atoms with Crippen LogP contribution in [0.3, 0.4) is 0 Å². The summed E-state index contributed by atoms with van der Waals surface area (Å²) in [5.74, 6) is 1.27. The van der Waals surface area contributed by atoms with Crippen molar-refractivity contribution in [1.29, 1.82) is 0 Å². The molecule has 142 valence electrons. The van der Waals surface area contributed by atoms with Crippen LogP contribution >= 0.6 is 0 Å². The van der Waals surface area contributed by atoms with Crippen LogP contribution in [0.4, 0.5) is 0 Å². The second-order valence-electron chi connectivity index (χ2n) is 9.88. The Hall–Kier alpha value is -1.46. The first-order chi connectivity index (χ1) is 12.1. The molecule has 0 amide bonds. The predicted octanol–water partition coefficient (Wildman–Crippen LogP) is 3.32. The molecular formula is C21H32N4O. The molecule has 0 bridgehead atoms. The van der Waals surface area contributed by atoms with E-state index in [4.69, 9.17) is 9.97 Å². The molecule has 5 nitrogen and oxygen atoms in total. The molecule has 0 spiro atoms. The highest BCUT2D eigenvalue weighted by Crippen LogP contribution is 2.63. The van der Waals surface area contributed by atoms with Crippen LogP contribution < -0.4 is 5.32 Å². The Kier molecular flexibility index (Phi) is 3.98. The predicted molar refractivity (Wildman–Crippen MR) is 104 cm³/mol. The highest BCUT2D eigenvalue weighted by Gasteiger charge is 2.61. The van der Waals surface area contributed by atoms with Gasteiger partial charge in [-0.1, -0.05) is 34.6 Å². The quantitative estimate of drug-likeness (QED) is 0.866. The van der Waals surface area contributed by atoms with Crippen LogP contribution in [0.25, 0.3) is 11.2 Å². The molecule has 2 N–H and O–H groups in total. The van der Waals surface area contributed by atoms with E-state index in [1.54, 1.807) is 0 Å². The van der Waals surface area contributed by atoms with E-state index in [-0.39, 0.29) is 24.1 Å². The van der Waals surface area contributed by atoms with Gasteiger partial charge in [-0.3, -0.25) is 4.98 Å². The number of hydrogen-bond donors (Lipinski definition) is 2. The molecule has 3 heterocycles. The molecule has 1 saturated carbocycles. The fourth-order valence-electron chi connectivity index (χ4n) is 5.31. The molecule has 5 heteroatoms. The van der Waals surface area contributed by atoms with Crippen LogP contribution in [0.15, 0.2) is 12.3 Å². The lowest BCUT2D eigenvalue weighted by atomic mass is 9.92. The maximum atomic E-state index is 9.92.